The van der Waals surface area contributed by atoms with E-state index in [4.69, 9.17) is 21.3 Å². The number of fused-ring (bicyclic) bond motifs is 2. The highest BCUT2D eigenvalue weighted by molar-refractivity contribution is 7.15. The number of thiazole rings is 1. The molecule has 0 bridgehead atoms. The van der Waals surface area contributed by atoms with Gasteiger partial charge in [0.2, 0.25) is 5.91 Å². The van der Waals surface area contributed by atoms with Crippen molar-refractivity contribution in [1.82, 2.24) is 29.2 Å². The predicted molar refractivity (Wildman–Crippen MR) is 196 cm³/mol. The Balaban J connectivity index is 1.18. The van der Waals surface area contributed by atoms with Crippen LogP contribution in [0, 0.1) is 6.92 Å². The van der Waals surface area contributed by atoms with Crippen molar-refractivity contribution in [3.63, 3.8) is 0 Å². The van der Waals surface area contributed by atoms with Gasteiger partial charge in [0.1, 0.15) is 10.6 Å². The van der Waals surface area contributed by atoms with Crippen molar-refractivity contribution in [3.05, 3.63) is 74.8 Å². The van der Waals surface area contributed by atoms with Crippen LogP contribution in [0.15, 0.2) is 36.4 Å². The summed E-state index contributed by atoms with van der Waals surface area (Å²) in [7, 11) is 3.78. The zero-order valence-electron chi connectivity index (χ0n) is 29.9. The van der Waals surface area contributed by atoms with Gasteiger partial charge in [-0.05, 0) is 65.8 Å². The van der Waals surface area contributed by atoms with Gasteiger partial charge in [-0.25, -0.2) is 14.8 Å². The van der Waals surface area contributed by atoms with Crippen LogP contribution in [0.1, 0.15) is 72.8 Å². The molecule has 4 heterocycles. The minimum absolute atomic E-state index is 0.111. The standard InChI is InChI=1S/C37H44ClN7O4S/c1-21(2)42(7)20-31(46)45-18-28-30(19-45)50-35(41-28)24-12-9-11-23(22(24)3)25-13-10-14-26(32(25)38)40-34(47)33-39-27-17-44(16-15-29(27)43(33)8)36(48)49-37(4,5)6/h9-14,21H,15-20H2,1-8H3,(H,40,47). The normalized spacial score (nSPS) is 14.3. The molecule has 0 saturated heterocycles. The summed E-state index contributed by atoms with van der Waals surface area (Å²) in [4.78, 5) is 55.4. The summed E-state index contributed by atoms with van der Waals surface area (Å²) in [5.41, 5.74) is 6.14. The number of hydrogen-bond donors (Lipinski definition) is 1. The van der Waals surface area contributed by atoms with Crippen LogP contribution >= 0.6 is 22.9 Å². The molecule has 0 fully saturated rings. The second-order valence-electron chi connectivity index (χ2n) is 14.3. The van der Waals surface area contributed by atoms with E-state index in [1.165, 1.54) is 0 Å². The van der Waals surface area contributed by atoms with Gasteiger partial charge in [-0.3, -0.25) is 14.5 Å². The molecule has 0 atom stereocenters. The molecule has 2 aromatic heterocycles. The fourth-order valence-electron chi connectivity index (χ4n) is 6.22. The van der Waals surface area contributed by atoms with Crippen molar-refractivity contribution in [1.29, 1.82) is 0 Å². The lowest BCUT2D eigenvalue weighted by Crippen LogP contribution is -2.40. The average molecular weight is 718 g/mol. The highest BCUT2D eigenvalue weighted by Crippen LogP contribution is 2.41. The monoisotopic (exact) mass is 717 g/mol. The number of carbonyl (C=O) groups is 3. The molecule has 2 aliphatic heterocycles. The van der Waals surface area contributed by atoms with Gasteiger partial charge >= 0.3 is 6.09 Å². The minimum atomic E-state index is -0.600. The minimum Gasteiger partial charge on any atom is -0.444 e. The average Bonchev–Trinajstić information content (AvgIpc) is 3.73. The first kappa shape index (κ1) is 35.6. The summed E-state index contributed by atoms with van der Waals surface area (Å²) in [5, 5.41) is 4.29. The Morgan fingerprint density at radius 1 is 1.00 bits per heavy atom. The molecular weight excluding hydrogens is 674 g/mol. The molecule has 0 unspecified atom stereocenters. The Kier molecular flexibility index (Phi) is 9.82. The number of aromatic nitrogens is 3. The molecule has 3 amide bonds. The van der Waals surface area contributed by atoms with Crippen LogP contribution in [0.2, 0.25) is 5.02 Å². The van der Waals surface area contributed by atoms with Gasteiger partial charge in [-0.15, -0.1) is 11.3 Å². The summed E-state index contributed by atoms with van der Waals surface area (Å²) in [6.07, 6.45) is 0.163. The summed E-state index contributed by atoms with van der Waals surface area (Å²) < 4.78 is 7.33. The molecule has 0 saturated carbocycles. The third-order valence-corrected chi connectivity index (χ3v) is 10.8. The quantitative estimate of drug-likeness (QED) is 0.221. The maximum Gasteiger partial charge on any atom is 0.410 e. The number of anilines is 1. The number of hydrogen-bond acceptors (Lipinski definition) is 8. The third kappa shape index (κ3) is 7.15. The zero-order valence-corrected chi connectivity index (χ0v) is 31.5. The number of carbonyl (C=O) groups excluding carboxylic acids is 3. The van der Waals surface area contributed by atoms with Crippen LogP contribution in [0.25, 0.3) is 21.7 Å². The smallest absolute Gasteiger partial charge is 0.410 e. The lowest BCUT2D eigenvalue weighted by molar-refractivity contribution is -0.133. The number of amides is 3. The molecule has 1 N–H and O–H groups in total. The van der Waals surface area contributed by atoms with E-state index < -0.39 is 17.6 Å². The van der Waals surface area contributed by atoms with Crippen LogP contribution in [0.3, 0.4) is 0 Å². The molecule has 0 radical (unpaired) electrons. The van der Waals surface area contributed by atoms with E-state index in [1.54, 1.807) is 26.9 Å². The van der Waals surface area contributed by atoms with Gasteiger partial charge in [-0.2, -0.15) is 0 Å². The number of imidazole rings is 1. The Morgan fingerprint density at radius 2 is 1.68 bits per heavy atom. The van der Waals surface area contributed by atoms with Crippen LogP contribution in [0.4, 0.5) is 10.5 Å². The van der Waals surface area contributed by atoms with E-state index in [2.05, 4.69) is 37.1 Å². The molecule has 6 rings (SSSR count). The Labute approximate surface area is 302 Å². The Morgan fingerprint density at radius 3 is 2.38 bits per heavy atom. The molecule has 2 aliphatic rings. The molecule has 4 aromatic rings. The number of nitrogens with one attached hydrogen (secondary N) is 1. The summed E-state index contributed by atoms with van der Waals surface area (Å²) in [5.74, 6) is -0.0410. The fraction of sp³-hybridized carbons (Fsp3) is 0.432. The Bertz CT molecular complexity index is 1950. The third-order valence-electron chi connectivity index (χ3n) is 9.28. The number of likely N-dealkylation sites (N-methyl/N-ethyl adjacent to an activating group) is 1. The first-order valence-electron chi connectivity index (χ1n) is 16.8. The number of halogens is 1. The summed E-state index contributed by atoms with van der Waals surface area (Å²) in [6, 6.07) is 11.9. The highest BCUT2D eigenvalue weighted by atomic mass is 35.5. The maximum absolute atomic E-state index is 13.6. The first-order chi connectivity index (χ1) is 23.6. The van der Waals surface area contributed by atoms with Crippen LogP contribution < -0.4 is 5.32 Å². The van der Waals surface area contributed by atoms with E-state index >= 15 is 0 Å². The second-order valence-corrected chi connectivity index (χ2v) is 15.7. The van der Waals surface area contributed by atoms with Crippen LogP contribution in [0.5, 0.6) is 0 Å². The van der Waals surface area contributed by atoms with Gasteiger partial charge in [-0.1, -0.05) is 41.9 Å². The lowest BCUT2D eigenvalue weighted by Gasteiger charge is -2.29. The first-order valence-corrected chi connectivity index (χ1v) is 18.0. The molecule has 13 heteroatoms. The zero-order chi connectivity index (χ0) is 36.1. The topological polar surface area (TPSA) is 113 Å². The molecular formula is C37H44ClN7O4S. The van der Waals surface area contributed by atoms with E-state index in [0.717, 1.165) is 43.5 Å². The SMILES string of the molecule is Cc1c(-c2nc3c(s2)CN(C(=O)CN(C)C(C)C)C3)cccc1-c1cccc(NC(=O)c2nc3c(n2C)CCN(C(=O)OC(C)(C)C)C3)c1Cl. The fourth-order valence-corrected chi connectivity index (χ4v) is 7.66. The van der Waals surface area contributed by atoms with Crippen molar-refractivity contribution < 1.29 is 19.1 Å². The van der Waals surface area contributed by atoms with Crippen molar-refractivity contribution in [2.24, 2.45) is 7.05 Å². The van der Waals surface area contributed by atoms with Gasteiger partial charge < -0.3 is 24.4 Å². The highest BCUT2D eigenvalue weighted by Gasteiger charge is 2.31. The van der Waals surface area contributed by atoms with E-state index in [0.29, 0.717) is 55.0 Å². The molecule has 0 aliphatic carbocycles. The van der Waals surface area contributed by atoms with Crippen molar-refractivity contribution in [2.45, 2.75) is 79.2 Å². The van der Waals surface area contributed by atoms with Gasteiger partial charge in [0.15, 0.2) is 5.82 Å². The number of benzene rings is 2. The second kappa shape index (κ2) is 13.8. The number of ether oxygens (including phenoxy) is 1. The molecule has 11 nitrogen and oxygen atoms in total. The molecule has 0 spiro atoms. The van der Waals surface area contributed by atoms with Crippen molar-refractivity contribution in [3.8, 4) is 21.7 Å². The van der Waals surface area contributed by atoms with E-state index in [1.807, 2.05) is 68.9 Å². The van der Waals surface area contributed by atoms with Gasteiger partial charge in [0.25, 0.3) is 5.91 Å². The number of rotatable bonds is 7. The number of nitrogens with zero attached hydrogens (tertiary/aromatic N) is 6. The van der Waals surface area contributed by atoms with Crippen LogP contribution in [-0.2, 0) is 42.6 Å². The van der Waals surface area contributed by atoms with Gasteiger partial charge in [0.05, 0.1) is 48.3 Å². The van der Waals surface area contributed by atoms with Crippen LogP contribution in [-0.4, -0.2) is 78.9 Å². The predicted octanol–water partition coefficient (Wildman–Crippen LogP) is 6.90. The Hall–Kier alpha value is -4.26. The van der Waals surface area contributed by atoms with E-state index in [9.17, 15) is 14.4 Å². The molecule has 264 valence electrons. The lowest BCUT2D eigenvalue weighted by atomic mass is 9.96. The maximum atomic E-state index is 13.6. The summed E-state index contributed by atoms with van der Waals surface area (Å²) >= 11 is 8.62. The summed E-state index contributed by atoms with van der Waals surface area (Å²) in [6.45, 7) is 13.9. The van der Waals surface area contributed by atoms with Gasteiger partial charge in [0, 0.05) is 47.8 Å². The molecule has 50 heavy (non-hydrogen) atoms. The van der Waals surface area contributed by atoms with Crippen molar-refractivity contribution >= 4 is 46.5 Å². The van der Waals surface area contributed by atoms with Crippen molar-refractivity contribution in [2.75, 3.05) is 25.5 Å². The molecule has 2 aromatic carbocycles. The van der Waals surface area contributed by atoms with E-state index in [-0.39, 0.29) is 18.3 Å². The largest absolute Gasteiger partial charge is 0.444 e.